The maximum Gasteiger partial charge on any atom is 0.360 e. The van der Waals surface area contributed by atoms with Gasteiger partial charge < -0.3 is 26.0 Å². The fraction of sp³-hybridized carbons (Fsp3) is 0.0909. The van der Waals surface area contributed by atoms with Crippen molar-refractivity contribution in [1.82, 2.24) is 25.3 Å². The van der Waals surface area contributed by atoms with Crippen LogP contribution >= 0.6 is 31.9 Å². The van der Waals surface area contributed by atoms with Gasteiger partial charge in [0.05, 0.1) is 7.11 Å². The SMILES string of the molecule is COC(=O)c1nc(Br)c2cccnc2c1O.NCc1ccc(F)cc1.O=C(NCc1ccc(F)cc1)c1nc(Br)c2cccnc2c1O. The molecule has 4 aromatic heterocycles. The van der Waals surface area contributed by atoms with Gasteiger partial charge in [0.15, 0.2) is 22.9 Å². The number of ether oxygens (including phenoxy) is 1. The lowest BCUT2D eigenvalue weighted by Gasteiger charge is -2.09. The molecule has 0 radical (unpaired) electrons. The Morgan fingerprint density at radius 1 is 0.771 bits per heavy atom. The average Bonchev–Trinajstić information content (AvgIpc) is 3.11. The van der Waals surface area contributed by atoms with E-state index < -0.39 is 11.9 Å². The van der Waals surface area contributed by atoms with Crippen LogP contribution in [0.2, 0.25) is 0 Å². The number of aromatic nitrogens is 4. The van der Waals surface area contributed by atoms with E-state index in [9.17, 15) is 28.6 Å². The summed E-state index contributed by atoms with van der Waals surface area (Å²) in [5, 5.41) is 23.9. The van der Waals surface area contributed by atoms with Crippen molar-refractivity contribution in [2.75, 3.05) is 7.11 Å². The first-order chi connectivity index (χ1) is 23.0. The highest BCUT2D eigenvalue weighted by atomic mass is 79.9. The molecule has 0 fully saturated rings. The van der Waals surface area contributed by atoms with E-state index in [-0.39, 0.29) is 41.1 Å². The van der Waals surface area contributed by atoms with Gasteiger partial charge in [-0.3, -0.25) is 14.8 Å². The van der Waals surface area contributed by atoms with E-state index in [1.54, 1.807) is 48.5 Å². The second-order valence-corrected chi connectivity index (χ2v) is 11.1. The molecule has 0 aliphatic heterocycles. The molecule has 0 saturated carbocycles. The number of esters is 1. The second-order valence-electron chi connectivity index (χ2n) is 9.63. The molecule has 6 aromatic rings. The number of carbonyl (C=O) groups excluding carboxylic acids is 2. The molecule has 0 unspecified atom stereocenters. The summed E-state index contributed by atoms with van der Waals surface area (Å²) >= 11 is 6.48. The number of fused-ring (bicyclic) bond motifs is 2. The van der Waals surface area contributed by atoms with Crippen molar-refractivity contribution >= 4 is 65.5 Å². The van der Waals surface area contributed by atoms with Gasteiger partial charge in [0, 0.05) is 36.3 Å². The first-order valence-electron chi connectivity index (χ1n) is 13.9. The van der Waals surface area contributed by atoms with Crippen molar-refractivity contribution in [3.63, 3.8) is 0 Å². The maximum absolute atomic E-state index is 12.9. The van der Waals surface area contributed by atoms with Crippen LogP contribution in [0.15, 0.2) is 94.4 Å². The summed E-state index contributed by atoms with van der Waals surface area (Å²) in [5.41, 5.74) is 7.30. The van der Waals surface area contributed by atoms with Crippen LogP contribution in [-0.2, 0) is 17.8 Å². The summed E-state index contributed by atoms with van der Waals surface area (Å²) in [7, 11) is 1.22. The molecular formula is C33H26Br2F2N6O5. The molecule has 2 aromatic carbocycles. The summed E-state index contributed by atoms with van der Waals surface area (Å²) in [6.07, 6.45) is 3.05. The molecule has 4 heterocycles. The number of aromatic hydroxyl groups is 2. The van der Waals surface area contributed by atoms with Crippen molar-refractivity contribution < 1.29 is 33.3 Å². The van der Waals surface area contributed by atoms with Crippen molar-refractivity contribution in [2.24, 2.45) is 5.73 Å². The Kier molecular flexibility index (Phi) is 12.4. The highest BCUT2D eigenvalue weighted by molar-refractivity contribution is 9.10. The maximum atomic E-state index is 12.9. The minimum atomic E-state index is -0.703. The molecule has 1 amide bonds. The number of amides is 1. The van der Waals surface area contributed by atoms with Gasteiger partial charge in [0.25, 0.3) is 5.91 Å². The van der Waals surface area contributed by atoms with Crippen LogP contribution in [0.1, 0.15) is 32.1 Å². The van der Waals surface area contributed by atoms with Gasteiger partial charge in [-0.2, -0.15) is 0 Å². The first-order valence-corrected chi connectivity index (χ1v) is 15.4. The highest BCUT2D eigenvalue weighted by Gasteiger charge is 2.20. The van der Waals surface area contributed by atoms with Gasteiger partial charge in [0.2, 0.25) is 0 Å². The molecular weight excluding hydrogens is 758 g/mol. The van der Waals surface area contributed by atoms with Crippen molar-refractivity contribution in [2.45, 2.75) is 13.1 Å². The monoisotopic (exact) mass is 782 g/mol. The molecule has 0 saturated heterocycles. The topological polar surface area (TPSA) is 173 Å². The Morgan fingerprint density at radius 3 is 1.71 bits per heavy atom. The Morgan fingerprint density at radius 2 is 1.23 bits per heavy atom. The van der Waals surface area contributed by atoms with E-state index in [1.165, 1.54) is 43.8 Å². The van der Waals surface area contributed by atoms with E-state index >= 15 is 0 Å². The van der Waals surface area contributed by atoms with Gasteiger partial charge in [-0.25, -0.2) is 23.5 Å². The predicted octanol–water partition coefficient (Wildman–Crippen LogP) is 6.34. The lowest BCUT2D eigenvalue weighted by Crippen LogP contribution is -2.24. The van der Waals surface area contributed by atoms with Crippen LogP contribution in [0, 0.1) is 11.6 Å². The largest absolute Gasteiger partial charge is 0.504 e. The van der Waals surface area contributed by atoms with Crippen molar-refractivity contribution in [1.29, 1.82) is 0 Å². The zero-order valence-corrected chi connectivity index (χ0v) is 28.2. The second kappa shape index (κ2) is 16.6. The minimum absolute atomic E-state index is 0.120. The lowest BCUT2D eigenvalue weighted by molar-refractivity contribution is 0.0590. The number of nitrogens with zero attached hydrogens (tertiary/aromatic N) is 4. The number of pyridine rings is 4. The number of carbonyl (C=O) groups is 2. The van der Waals surface area contributed by atoms with E-state index in [0.29, 0.717) is 37.6 Å². The van der Waals surface area contributed by atoms with Gasteiger partial charge in [0.1, 0.15) is 31.9 Å². The number of rotatable bonds is 5. The summed E-state index contributed by atoms with van der Waals surface area (Å²) in [6.45, 7) is 0.665. The van der Waals surface area contributed by atoms with Gasteiger partial charge in [-0.05, 0) is 91.5 Å². The number of nitrogens with two attached hydrogens (primary N) is 1. The quantitative estimate of drug-likeness (QED) is 0.114. The van der Waals surface area contributed by atoms with Crippen LogP contribution < -0.4 is 11.1 Å². The molecule has 6 rings (SSSR count). The highest BCUT2D eigenvalue weighted by Crippen LogP contribution is 2.31. The number of hydrogen-bond acceptors (Lipinski definition) is 10. The molecule has 0 atom stereocenters. The fourth-order valence-corrected chi connectivity index (χ4v) is 5.05. The van der Waals surface area contributed by atoms with Crippen LogP contribution in [0.5, 0.6) is 11.5 Å². The van der Waals surface area contributed by atoms with Crippen LogP contribution in [0.4, 0.5) is 8.78 Å². The third-order valence-corrected chi connectivity index (χ3v) is 7.70. The van der Waals surface area contributed by atoms with Gasteiger partial charge >= 0.3 is 5.97 Å². The summed E-state index contributed by atoms with van der Waals surface area (Å²) in [6, 6.07) is 18.8. The van der Waals surface area contributed by atoms with Crippen molar-refractivity contribution in [3.8, 4) is 11.5 Å². The normalized spacial score (nSPS) is 10.4. The lowest BCUT2D eigenvalue weighted by atomic mass is 10.2. The third-order valence-electron chi connectivity index (χ3n) is 6.49. The smallest absolute Gasteiger partial charge is 0.360 e. The third kappa shape index (κ3) is 8.82. The summed E-state index contributed by atoms with van der Waals surface area (Å²) in [5.74, 6) is -2.35. The van der Waals surface area contributed by atoms with Crippen LogP contribution in [0.3, 0.4) is 0 Å². The summed E-state index contributed by atoms with van der Waals surface area (Å²) < 4.78 is 30.4. The molecule has 11 nitrogen and oxygen atoms in total. The zero-order valence-electron chi connectivity index (χ0n) is 25.0. The Balaban J connectivity index is 0.000000180. The standard InChI is InChI=1S/C16H11BrFN3O2.C10H7BrN2O3.C7H8FN/c17-15-11-2-1-7-19-12(11)14(22)13(21-15)16(23)20-8-9-3-5-10(18)6-4-9;1-16-10(15)7-8(14)6-5(9(11)13-7)3-2-4-12-6;8-7-3-1-6(5-9)2-4-7/h1-7,22H,8H2,(H,20,23);2-4,14H,1H3;1-4H,5,9H2. The van der Waals surface area contributed by atoms with Crippen molar-refractivity contribution in [3.05, 3.63) is 129 Å². The van der Waals surface area contributed by atoms with Crippen LogP contribution in [-0.4, -0.2) is 49.1 Å². The van der Waals surface area contributed by atoms with E-state index in [4.69, 9.17) is 5.73 Å². The predicted molar refractivity (Wildman–Crippen MR) is 181 cm³/mol. The van der Waals surface area contributed by atoms with Gasteiger partial charge in [-0.15, -0.1) is 0 Å². The Hall–Kier alpha value is -5.12. The van der Waals surface area contributed by atoms with E-state index in [0.717, 1.165) is 11.1 Å². The average molecular weight is 784 g/mol. The summed E-state index contributed by atoms with van der Waals surface area (Å²) in [4.78, 5) is 39.6. The molecule has 5 N–H and O–H groups in total. The Labute approximate surface area is 289 Å². The van der Waals surface area contributed by atoms with Gasteiger partial charge in [-0.1, -0.05) is 24.3 Å². The number of hydrogen-bond donors (Lipinski definition) is 4. The van der Waals surface area contributed by atoms with Crippen LogP contribution in [0.25, 0.3) is 21.8 Å². The number of methoxy groups -OCH3 is 1. The number of benzene rings is 2. The molecule has 0 aliphatic carbocycles. The zero-order chi connectivity index (χ0) is 34.8. The molecule has 246 valence electrons. The first kappa shape index (κ1) is 35.7. The molecule has 0 aliphatic rings. The minimum Gasteiger partial charge on any atom is -0.504 e. The Bertz CT molecular complexity index is 2070. The molecule has 0 bridgehead atoms. The number of nitrogens with one attached hydrogen (secondary N) is 1. The fourth-order valence-electron chi connectivity index (χ4n) is 4.05. The van der Waals surface area contributed by atoms with E-state index in [2.05, 4.69) is 61.8 Å². The van der Waals surface area contributed by atoms with E-state index in [1.807, 2.05) is 0 Å². The molecule has 15 heteroatoms. The number of halogens is 4. The molecule has 48 heavy (non-hydrogen) atoms. The molecule has 0 spiro atoms.